The highest BCUT2D eigenvalue weighted by atomic mass is 16.5. The fourth-order valence-electron chi connectivity index (χ4n) is 2.25. The Morgan fingerprint density at radius 3 is 2.62 bits per heavy atom. The molecule has 2 aromatic rings. The summed E-state index contributed by atoms with van der Waals surface area (Å²) >= 11 is 0. The van der Waals surface area contributed by atoms with Crippen LogP contribution in [0, 0.1) is 13.8 Å². The normalized spacial score (nSPS) is 10.8. The van der Waals surface area contributed by atoms with E-state index in [1.807, 2.05) is 69.3 Å². The lowest BCUT2D eigenvalue weighted by molar-refractivity contribution is 0.104. The van der Waals surface area contributed by atoms with Crippen molar-refractivity contribution in [2.45, 2.75) is 20.8 Å². The summed E-state index contributed by atoms with van der Waals surface area (Å²) in [7, 11) is 0. The van der Waals surface area contributed by atoms with Gasteiger partial charge in [-0.1, -0.05) is 42.0 Å². The second-order valence-electron chi connectivity index (χ2n) is 4.99. The predicted molar refractivity (Wildman–Crippen MR) is 86.9 cm³/mol. The fraction of sp³-hybridized carbons (Fsp3) is 0.211. The number of rotatable bonds is 5. The standard InChI is InChI=1S/C19H20O2/c1-4-21-19-8-6-5-7-16(19)10-12-18(20)17-11-9-14(2)13-15(17)3/h5-13H,4H2,1-3H3/b12-10+. The van der Waals surface area contributed by atoms with Gasteiger partial charge in [-0.15, -0.1) is 0 Å². The molecule has 0 aliphatic heterocycles. The number of ether oxygens (including phenoxy) is 1. The minimum atomic E-state index is 0.0128. The lowest BCUT2D eigenvalue weighted by Crippen LogP contribution is -1.98. The lowest BCUT2D eigenvalue weighted by atomic mass is 10.0. The number of carbonyl (C=O) groups is 1. The minimum Gasteiger partial charge on any atom is -0.493 e. The molecule has 2 rings (SSSR count). The minimum absolute atomic E-state index is 0.0128. The Labute approximate surface area is 126 Å². The average Bonchev–Trinajstić information content (AvgIpc) is 2.46. The van der Waals surface area contributed by atoms with Crippen LogP contribution in [-0.4, -0.2) is 12.4 Å². The van der Waals surface area contributed by atoms with E-state index in [2.05, 4.69) is 0 Å². The first-order valence-electron chi connectivity index (χ1n) is 7.13. The molecular formula is C19H20O2. The third-order valence-corrected chi connectivity index (χ3v) is 3.28. The van der Waals surface area contributed by atoms with Crippen LogP contribution < -0.4 is 4.74 Å². The average molecular weight is 280 g/mol. The van der Waals surface area contributed by atoms with Gasteiger partial charge in [0, 0.05) is 11.1 Å². The third kappa shape index (κ3) is 3.82. The van der Waals surface area contributed by atoms with Crippen LogP contribution in [-0.2, 0) is 0 Å². The van der Waals surface area contributed by atoms with E-state index in [1.165, 1.54) is 0 Å². The molecule has 0 saturated carbocycles. The van der Waals surface area contributed by atoms with E-state index in [-0.39, 0.29) is 5.78 Å². The summed E-state index contributed by atoms with van der Waals surface area (Å²) < 4.78 is 5.55. The van der Waals surface area contributed by atoms with E-state index in [1.54, 1.807) is 6.08 Å². The van der Waals surface area contributed by atoms with Gasteiger partial charge in [0.1, 0.15) is 5.75 Å². The molecule has 0 atom stereocenters. The van der Waals surface area contributed by atoms with Crippen LogP contribution >= 0.6 is 0 Å². The van der Waals surface area contributed by atoms with Crippen molar-refractivity contribution in [3.05, 3.63) is 70.8 Å². The topological polar surface area (TPSA) is 26.3 Å². The van der Waals surface area contributed by atoms with E-state index < -0.39 is 0 Å². The van der Waals surface area contributed by atoms with E-state index in [4.69, 9.17) is 4.74 Å². The van der Waals surface area contributed by atoms with Gasteiger partial charge in [-0.25, -0.2) is 0 Å². The highest BCUT2D eigenvalue weighted by molar-refractivity contribution is 6.07. The number of para-hydroxylation sites is 1. The second kappa shape index (κ2) is 6.89. The Balaban J connectivity index is 2.23. The SMILES string of the molecule is CCOc1ccccc1/C=C/C(=O)c1ccc(C)cc1C. The van der Waals surface area contributed by atoms with Gasteiger partial charge in [0.15, 0.2) is 5.78 Å². The fourth-order valence-corrected chi connectivity index (χ4v) is 2.25. The maximum Gasteiger partial charge on any atom is 0.186 e. The Morgan fingerprint density at radius 1 is 1.14 bits per heavy atom. The van der Waals surface area contributed by atoms with Crippen LogP contribution in [0.5, 0.6) is 5.75 Å². The molecule has 2 heteroatoms. The van der Waals surface area contributed by atoms with E-state index >= 15 is 0 Å². The van der Waals surface area contributed by atoms with Crippen LogP contribution in [0.4, 0.5) is 0 Å². The molecule has 0 amide bonds. The lowest BCUT2D eigenvalue weighted by Gasteiger charge is -2.06. The monoisotopic (exact) mass is 280 g/mol. The highest BCUT2D eigenvalue weighted by Gasteiger charge is 2.06. The molecule has 0 spiro atoms. The first kappa shape index (κ1) is 15.0. The van der Waals surface area contributed by atoms with Gasteiger partial charge in [0.05, 0.1) is 6.61 Å². The Bertz CT molecular complexity index is 669. The highest BCUT2D eigenvalue weighted by Crippen LogP contribution is 2.20. The predicted octanol–water partition coefficient (Wildman–Crippen LogP) is 4.60. The van der Waals surface area contributed by atoms with Crippen LogP contribution in [0.15, 0.2) is 48.5 Å². The van der Waals surface area contributed by atoms with Crippen molar-refractivity contribution < 1.29 is 9.53 Å². The van der Waals surface area contributed by atoms with Gasteiger partial charge in [0.2, 0.25) is 0 Å². The van der Waals surface area contributed by atoms with Gasteiger partial charge in [0.25, 0.3) is 0 Å². The number of carbonyl (C=O) groups excluding carboxylic acids is 1. The number of hydrogen-bond acceptors (Lipinski definition) is 2. The zero-order chi connectivity index (χ0) is 15.2. The molecular weight excluding hydrogens is 260 g/mol. The zero-order valence-corrected chi connectivity index (χ0v) is 12.7. The number of ketones is 1. The number of hydrogen-bond donors (Lipinski definition) is 0. The molecule has 0 aliphatic rings. The van der Waals surface area contributed by atoms with Crippen LogP contribution in [0.1, 0.15) is 34.0 Å². The largest absolute Gasteiger partial charge is 0.493 e. The van der Waals surface area contributed by atoms with Crippen molar-refractivity contribution in [3.63, 3.8) is 0 Å². The molecule has 0 aliphatic carbocycles. The van der Waals surface area contributed by atoms with Crippen molar-refractivity contribution in [3.8, 4) is 5.75 Å². The molecule has 0 unspecified atom stereocenters. The first-order valence-corrected chi connectivity index (χ1v) is 7.13. The number of aryl methyl sites for hydroxylation is 2. The summed E-state index contributed by atoms with van der Waals surface area (Å²) in [6, 6.07) is 13.6. The molecule has 2 aromatic carbocycles. The van der Waals surface area contributed by atoms with E-state index in [9.17, 15) is 4.79 Å². The maximum atomic E-state index is 12.3. The third-order valence-electron chi connectivity index (χ3n) is 3.28. The van der Waals surface area contributed by atoms with Crippen LogP contribution in [0.25, 0.3) is 6.08 Å². The van der Waals surface area contributed by atoms with Gasteiger partial charge >= 0.3 is 0 Å². The Kier molecular flexibility index (Phi) is 4.94. The molecule has 0 N–H and O–H groups in total. The van der Waals surface area contributed by atoms with Gasteiger partial charge < -0.3 is 4.74 Å². The van der Waals surface area contributed by atoms with Crippen LogP contribution in [0.3, 0.4) is 0 Å². The van der Waals surface area contributed by atoms with Crippen molar-refractivity contribution in [1.82, 2.24) is 0 Å². The van der Waals surface area contributed by atoms with E-state index in [0.717, 1.165) is 28.0 Å². The molecule has 0 heterocycles. The van der Waals surface area contributed by atoms with Crippen LogP contribution in [0.2, 0.25) is 0 Å². The summed E-state index contributed by atoms with van der Waals surface area (Å²) in [5, 5.41) is 0. The van der Waals surface area contributed by atoms with Crippen molar-refractivity contribution >= 4 is 11.9 Å². The summed E-state index contributed by atoms with van der Waals surface area (Å²) in [6.45, 7) is 6.54. The summed E-state index contributed by atoms with van der Waals surface area (Å²) in [5.41, 5.74) is 3.82. The van der Waals surface area contributed by atoms with Crippen molar-refractivity contribution in [2.24, 2.45) is 0 Å². The van der Waals surface area contributed by atoms with Gasteiger partial charge in [-0.05, 0) is 44.6 Å². The maximum absolute atomic E-state index is 12.3. The molecule has 0 aromatic heterocycles. The quantitative estimate of drug-likeness (QED) is 0.591. The van der Waals surface area contributed by atoms with Gasteiger partial charge in [-0.3, -0.25) is 4.79 Å². The molecule has 21 heavy (non-hydrogen) atoms. The molecule has 0 radical (unpaired) electrons. The number of allylic oxidation sites excluding steroid dienone is 1. The zero-order valence-electron chi connectivity index (χ0n) is 12.7. The van der Waals surface area contributed by atoms with Crippen molar-refractivity contribution in [1.29, 1.82) is 0 Å². The molecule has 108 valence electrons. The molecule has 0 bridgehead atoms. The molecule has 2 nitrogen and oxygen atoms in total. The molecule has 0 fully saturated rings. The summed E-state index contributed by atoms with van der Waals surface area (Å²) in [6.07, 6.45) is 3.42. The first-order chi connectivity index (χ1) is 10.1. The van der Waals surface area contributed by atoms with Crippen molar-refractivity contribution in [2.75, 3.05) is 6.61 Å². The summed E-state index contributed by atoms with van der Waals surface area (Å²) in [5.74, 6) is 0.809. The Hall–Kier alpha value is -2.35. The van der Waals surface area contributed by atoms with Gasteiger partial charge in [-0.2, -0.15) is 0 Å². The second-order valence-corrected chi connectivity index (χ2v) is 4.99. The molecule has 0 saturated heterocycles. The summed E-state index contributed by atoms with van der Waals surface area (Å²) in [4.78, 5) is 12.3. The smallest absolute Gasteiger partial charge is 0.186 e. The number of benzene rings is 2. The van der Waals surface area contributed by atoms with E-state index in [0.29, 0.717) is 6.61 Å². The Morgan fingerprint density at radius 2 is 1.90 bits per heavy atom.